The number of esters is 1. The minimum Gasteiger partial charge on any atom is -0.459 e. The van der Waals surface area contributed by atoms with Crippen LogP contribution in [0.25, 0.3) is 0 Å². The van der Waals surface area contributed by atoms with Crippen molar-refractivity contribution in [3.8, 4) is 0 Å². The van der Waals surface area contributed by atoms with Gasteiger partial charge in [-0.05, 0) is 19.1 Å². The molecular weight excluding hydrogens is 180 g/mol. The molecule has 0 radical (unpaired) electrons. The molecule has 0 aliphatic heterocycles. The molecule has 0 saturated heterocycles. The fraction of sp³-hybridized carbons (Fsp3) is 0.300. The Kier molecular flexibility index (Phi) is 3.79. The molecule has 0 aliphatic rings. The summed E-state index contributed by atoms with van der Waals surface area (Å²) in [6.45, 7) is 1.75. The Bertz CT molecular complexity index is 322. The van der Waals surface area contributed by atoms with E-state index in [4.69, 9.17) is 10.1 Å². The van der Waals surface area contributed by atoms with Crippen molar-refractivity contribution in [1.29, 1.82) is 5.41 Å². The Balaban J connectivity index is 2.34. The number of nitrogens with one attached hydrogen (secondary N) is 1. The number of hydrogen-bond donors (Lipinski definition) is 1. The predicted molar refractivity (Wildman–Crippen MR) is 52.1 cm³/mol. The zero-order valence-corrected chi connectivity index (χ0v) is 7.99. The Hall–Kier alpha value is -1.71. The van der Waals surface area contributed by atoms with Gasteiger partial charge in [0.15, 0.2) is 0 Å². The SMILES string of the molecule is CC(=N)CC(=O)OCc1ccccn1. The quantitative estimate of drug-likeness (QED) is 0.581. The van der Waals surface area contributed by atoms with Crippen molar-refractivity contribution in [3.05, 3.63) is 30.1 Å². The summed E-state index contributed by atoms with van der Waals surface area (Å²) in [6, 6.07) is 5.41. The van der Waals surface area contributed by atoms with Gasteiger partial charge in [0, 0.05) is 11.9 Å². The highest BCUT2D eigenvalue weighted by Crippen LogP contribution is 1.98. The molecule has 0 aromatic carbocycles. The van der Waals surface area contributed by atoms with E-state index in [9.17, 15) is 4.79 Å². The summed E-state index contributed by atoms with van der Waals surface area (Å²) in [5, 5.41) is 7.09. The van der Waals surface area contributed by atoms with Crippen LogP contribution in [0.15, 0.2) is 24.4 Å². The molecule has 0 spiro atoms. The van der Waals surface area contributed by atoms with E-state index in [1.54, 1.807) is 25.3 Å². The highest BCUT2D eigenvalue weighted by atomic mass is 16.5. The molecule has 1 N–H and O–H groups in total. The molecule has 0 aliphatic carbocycles. The van der Waals surface area contributed by atoms with Crippen LogP contribution < -0.4 is 0 Å². The van der Waals surface area contributed by atoms with Crippen LogP contribution in [-0.4, -0.2) is 16.7 Å². The third kappa shape index (κ3) is 3.80. The van der Waals surface area contributed by atoms with Crippen molar-refractivity contribution in [2.75, 3.05) is 0 Å². The summed E-state index contributed by atoms with van der Waals surface area (Å²) in [4.78, 5) is 15.0. The number of hydrogen-bond acceptors (Lipinski definition) is 4. The monoisotopic (exact) mass is 192 g/mol. The average molecular weight is 192 g/mol. The second-order valence-corrected chi connectivity index (χ2v) is 2.94. The molecule has 74 valence electrons. The van der Waals surface area contributed by atoms with Gasteiger partial charge < -0.3 is 10.1 Å². The van der Waals surface area contributed by atoms with Gasteiger partial charge in [0.2, 0.25) is 0 Å². The summed E-state index contributed by atoms with van der Waals surface area (Å²) in [5.41, 5.74) is 1.01. The largest absolute Gasteiger partial charge is 0.459 e. The van der Waals surface area contributed by atoms with Gasteiger partial charge in [-0.1, -0.05) is 6.07 Å². The maximum atomic E-state index is 11.0. The lowest BCUT2D eigenvalue weighted by Crippen LogP contribution is -2.08. The predicted octanol–water partition coefficient (Wildman–Crippen LogP) is 1.55. The zero-order valence-electron chi connectivity index (χ0n) is 7.99. The maximum Gasteiger partial charge on any atom is 0.311 e. The minimum absolute atomic E-state index is 0.0484. The van der Waals surface area contributed by atoms with Gasteiger partial charge in [0.05, 0.1) is 12.1 Å². The van der Waals surface area contributed by atoms with Crippen molar-refractivity contribution in [2.45, 2.75) is 20.0 Å². The van der Waals surface area contributed by atoms with Crippen LogP contribution in [0.5, 0.6) is 0 Å². The normalized spacial score (nSPS) is 9.50. The van der Waals surface area contributed by atoms with Crippen molar-refractivity contribution in [3.63, 3.8) is 0 Å². The fourth-order valence-corrected chi connectivity index (χ4v) is 0.905. The highest BCUT2D eigenvalue weighted by Gasteiger charge is 2.04. The molecule has 4 heteroatoms. The van der Waals surface area contributed by atoms with Gasteiger partial charge in [0.1, 0.15) is 6.61 Å². The molecule has 1 rings (SSSR count). The summed E-state index contributed by atoms with van der Waals surface area (Å²) >= 11 is 0. The van der Waals surface area contributed by atoms with Gasteiger partial charge in [0.25, 0.3) is 0 Å². The fourth-order valence-electron chi connectivity index (χ4n) is 0.905. The molecule has 0 amide bonds. The first kappa shape index (κ1) is 10.4. The van der Waals surface area contributed by atoms with Crippen LogP contribution in [0.2, 0.25) is 0 Å². The van der Waals surface area contributed by atoms with Crippen molar-refractivity contribution in [2.24, 2.45) is 0 Å². The van der Waals surface area contributed by atoms with Crippen molar-refractivity contribution < 1.29 is 9.53 Å². The van der Waals surface area contributed by atoms with E-state index in [0.717, 1.165) is 0 Å². The molecule has 0 fully saturated rings. The third-order valence-corrected chi connectivity index (χ3v) is 1.52. The van der Waals surface area contributed by atoms with Crippen molar-refractivity contribution in [1.82, 2.24) is 4.98 Å². The van der Waals surface area contributed by atoms with E-state index >= 15 is 0 Å². The van der Waals surface area contributed by atoms with E-state index in [1.165, 1.54) is 0 Å². The van der Waals surface area contributed by atoms with E-state index in [0.29, 0.717) is 11.4 Å². The van der Waals surface area contributed by atoms with Crippen LogP contribution in [0.1, 0.15) is 19.0 Å². The van der Waals surface area contributed by atoms with Gasteiger partial charge in [-0.15, -0.1) is 0 Å². The Morgan fingerprint density at radius 1 is 1.57 bits per heavy atom. The Morgan fingerprint density at radius 3 is 2.93 bits per heavy atom. The number of carbonyl (C=O) groups excluding carboxylic acids is 1. The number of aromatic nitrogens is 1. The molecule has 0 atom stereocenters. The van der Waals surface area contributed by atoms with Gasteiger partial charge >= 0.3 is 5.97 Å². The summed E-state index contributed by atoms with van der Waals surface area (Å²) in [5.74, 6) is -0.386. The number of ether oxygens (including phenoxy) is 1. The highest BCUT2D eigenvalue weighted by molar-refractivity contribution is 5.95. The molecule has 14 heavy (non-hydrogen) atoms. The van der Waals surface area contributed by atoms with Crippen LogP contribution >= 0.6 is 0 Å². The maximum absolute atomic E-state index is 11.0. The minimum atomic E-state index is -0.386. The molecule has 1 aromatic heterocycles. The van der Waals surface area contributed by atoms with Crippen LogP contribution in [0.3, 0.4) is 0 Å². The summed E-state index contributed by atoms with van der Waals surface area (Å²) in [6.07, 6.45) is 1.69. The van der Waals surface area contributed by atoms with Crippen LogP contribution in [0.4, 0.5) is 0 Å². The molecule has 4 nitrogen and oxygen atoms in total. The van der Waals surface area contributed by atoms with Gasteiger partial charge in [-0.3, -0.25) is 9.78 Å². The first-order valence-electron chi connectivity index (χ1n) is 4.28. The molecule has 1 aromatic rings. The number of rotatable bonds is 4. The summed E-state index contributed by atoms with van der Waals surface area (Å²) in [7, 11) is 0. The number of pyridine rings is 1. The summed E-state index contributed by atoms with van der Waals surface area (Å²) < 4.78 is 4.90. The smallest absolute Gasteiger partial charge is 0.311 e. The van der Waals surface area contributed by atoms with Crippen LogP contribution in [0, 0.1) is 5.41 Å². The average Bonchev–Trinajstić information content (AvgIpc) is 2.15. The first-order chi connectivity index (χ1) is 6.68. The molecule has 0 unspecified atom stereocenters. The Morgan fingerprint density at radius 2 is 2.36 bits per heavy atom. The topological polar surface area (TPSA) is 63.0 Å². The lowest BCUT2D eigenvalue weighted by atomic mass is 10.3. The van der Waals surface area contributed by atoms with Crippen molar-refractivity contribution >= 4 is 11.7 Å². The van der Waals surface area contributed by atoms with E-state index < -0.39 is 0 Å². The molecule has 0 bridgehead atoms. The number of nitrogens with zero attached hydrogens (tertiary/aromatic N) is 1. The first-order valence-corrected chi connectivity index (χ1v) is 4.28. The van der Waals surface area contributed by atoms with Gasteiger partial charge in [-0.25, -0.2) is 0 Å². The van der Waals surface area contributed by atoms with E-state index in [2.05, 4.69) is 4.98 Å². The number of carbonyl (C=O) groups is 1. The standard InChI is InChI=1S/C10H12N2O2/c1-8(11)6-10(13)14-7-9-4-2-3-5-12-9/h2-5,11H,6-7H2,1H3. The third-order valence-electron chi connectivity index (χ3n) is 1.52. The lowest BCUT2D eigenvalue weighted by Gasteiger charge is -2.02. The molecular formula is C10H12N2O2. The van der Waals surface area contributed by atoms with E-state index in [-0.39, 0.29) is 19.0 Å². The Labute approximate surface area is 82.4 Å². The molecule has 1 heterocycles. The molecule has 0 saturated carbocycles. The lowest BCUT2D eigenvalue weighted by molar-refractivity contribution is -0.143. The second kappa shape index (κ2) is 5.11. The second-order valence-electron chi connectivity index (χ2n) is 2.94. The van der Waals surface area contributed by atoms with Crippen LogP contribution in [-0.2, 0) is 16.1 Å². The van der Waals surface area contributed by atoms with E-state index in [1.807, 2.05) is 6.07 Å². The zero-order chi connectivity index (χ0) is 10.4. The van der Waals surface area contributed by atoms with Gasteiger partial charge in [-0.2, -0.15) is 0 Å².